The van der Waals surface area contributed by atoms with Crippen molar-refractivity contribution in [1.29, 1.82) is 5.26 Å². The first-order valence-corrected chi connectivity index (χ1v) is 5.34. The van der Waals surface area contributed by atoms with E-state index >= 15 is 0 Å². The summed E-state index contributed by atoms with van der Waals surface area (Å²) in [6, 6.07) is 1.98. The number of nitrogens with zero attached hydrogens (tertiary/aromatic N) is 2. The van der Waals surface area contributed by atoms with E-state index in [2.05, 4.69) is 5.32 Å². The molecule has 0 bridgehead atoms. The lowest BCUT2D eigenvalue weighted by atomic mass is 10.3. The van der Waals surface area contributed by atoms with E-state index in [1.165, 1.54) is 0 Å². The second-order valence-corrected chi connectivity index (χ2v) is 3.97. The minimum atomic E-state index is -0.0475. The first kappa shape index (κ1) is 10.4. The Bertz CT molecular complexity index is 220. The topological polar surface area (TPSA) is 56.1 Å². The predicted octanol–water partition coefficient (Wildman–Crippen LogP) is 0.0210. The number of carbonyl (C=O) groups excluding carboxylic acids is 1. The van der Waals surface area contributed by atoms with Gasteiger partial charge in [-0.05, 0) is 0 Å². The molecule has 1 heterocycles. The van der Waals surface area contributed by atoms with Gasteiger partial charge in [-0.1, -0.05) is 0 Å². The number of likely N-dealkylation sites (N-methyl/N-ethyl adjacent to an activating group) is 1. The summed E-state index contributed by atoms with van der Waals surface area (Å²) in [5.74, 6) is 1.79. The summed E-state index contributed by atoms with van der Waals surface area (Å²) in [6.45, 7) is 0.526. The summed E-state index contributed by atoms with van der Waals surface area (Å²) < 4.78 is 0. The molecule has 1 N–H and O–H groups in total. The molecule has 1 aliphatic rings. The summed E-state index contributed by atoms with van der Waals surface area (Å²) in [5.41, 5.74) is 0. The summed E-state index contributed by atoms with van der Waals surface area (Å²) in [4.78, 5) is 13.2. The van der Waals surface area contributed by atoms with Crippen molar-refractivity contribution in [2.75, 3.05) is 25.2 Å². The van der Waals surface area contributed by atoms with E-state index in [4.69, 9.17) is 5.26 Å². The van der Waals surface area contributed by atoms with Crippen LogP contribution in [0.1, 0.15) is 6.42 Å². The second kappa shape index (κ2) is 5.10. The predicted molar refractivity (Wildman–Crippen MR) is 52.1 cm³/mol. The molecule has 0 saturated carbocycles. The Hall–Kier alpha value is -0.730. The molecule has 1 amide bonds. The van der Waals surface area contributed by atoms with Gasteiger partial charge in [0, 0.05) is 25.2 Å². The van der Waals surface area contributed by atoms with Crippen LogP contribution in [-0.4, -0.2) is 42.1 Å². The molecule has 1 rings (SSSR count). The molecule has 0 radical (unpaired) electrons. The quantitative estimate of drug-likeness (QED) is 0.696. The van der Waals surface area contributed by atoms with E-state index in [1.807, 2.05) is 6.07 Å². The number of hydrogen-bond donors (Lipinski definition) is 1. The van der Waals surface area contributed by atoms with Crippen LogP contribution in [0.5, 0.6) is 0 Å². The zero-order chi connectivity index (χ0) is 9.68. The fourth-order valence-corrected chi connectivity index (χ4v) is 2.08. The lowest BCUT2D eigenvalue weighted by Gasteiger charge is -2.19. The Morgan fingerprint density at radius 1 is 1.85 bits per heavy atom. The van der Waals surface area contributed by atoms with E-state index in [9.17, 15) is 4.79 Å². The maximum absolute atomic E-state index is 11.6. The fraction of sp³-hybridized carbons (Fsp3) is 0.750. The first-order valence-electron chi connectivity index (χ1n) is 4.18. The number of rotatable bonds is 3. The largest absolute Gasteiger partial charge is 0.343 e. The summed E-state index contributed by atoms with van der Waals surface area (Å²) in [7, 11) is 1.74. The van der Waals surface area contributed by atoms with Crippen molar-refractivity contribution in [1.82, 2.24) is 10.2 Å². The van der Waals surface area contributed by atoms with Crippen LogP contribution in [-0.2, 0) is 4.79 Å². The van der Waals surface area contributed by atoms with E-state index in [-0.39, 0.29) is 11.9 Å². The summed E-state index contributed by atoms with van der Waals surface area (Å²) in [6.07, 6.45) is 0.405. The fourth-order valence-electron chi connectivity index (χ4n) is 1.15. The Morgan fingerprint density at radius 2 is 2.62 bits per heavy atom. The number of hydrogen-bond acceptors (Lipinski definition) is 4. The van der Waals surface area contributed by atoms with Crippen molar-refractivity contribution in [3.63, 3.8) is 0 Å². The van der Waals surface area contributed by atoms with Gasteiger partial charge in [0.1, 0.15) is 0 Å². The first-order chi connectivity index (χ1) is 6.25. The number of carbonyl (C=O) groups is 1. The lowest BCUT2D eigenvalue weighted by Crippen LogP contribution is -2.43. The van der Waals surface area contributed by atoms with Gasteiger partial charge in [0.2, 0.25) is 5.91 Å². The van der Waals surface area contributed by atoms with Crippen LogP contribution < -0.4 is 5.32 Å². The van der Waals surface area contributed by atoms with Gasteiger partial charge < -0.3 is 4.90 Å². The Balaban J connectivity index is 2.33. The zero-order valence-corrected chi connectivity index (χ0v) is 8.43. The third-order valence-corrected chi connectivity index (χ3v) is 2.89. The van der Waals surface area contributed by atoms with Crippen LogP contribution in [0.15, 0.2) is 0 Å². The van der Waals surface area contributed by atoms with Crippen molar-refractivity contribution in [2.45, 2.75) is 12.5 Å². The molecule has 1 atom stereocenters. The summed E-state index contributed by atoms with van der Waals surface area (Å²) >= 11 is 1.73. The Kier molecular flexibility index (Phi) is 4.06. The van der Waals surface area contributed by atoms with Crippen molar-refractivity contribution in [3.8, 4) is 6.07 Å². The number of nitriles is 1. The van der Waals surface area contributed by atoms with E-state index < -0.39 is 0 Å². The van der Waals surface area contributed by atoms with Crippen molar-refractivity contribution < 1.29 is 4.79 Å². The molecule has 72 valence electrons. The zero-order valence-electron chi connectivity index (χ0n) is 7.62. The molecule has 0 aromatic carbocycles. The van der Waals surface area contributed by atoms with E-state index in [0.717, 1.165) is 11.6 Å². The monoisotopic (exact) mass is 199 g/mol. The molecule has 1 saturated heterocycles. The molecule has 1 unspecified atom stereocenters. The molecule has 0 spiro atoms. The highest BCUT2D eigenvalue weighted by Crippen LogP contribution is 2.11. The molecule has 1 fully saturated rings. The smallest absolute Gasteiger partial charge is 0.240 e. The molecule has 0 aromatic rings. The van der Waals surface area contributed by atoms with Gasteiger partial charge in [0.05, 0.1) is 18.5 Å². The van der Waals surface area contributed by atoms with Gasteiger partial charge in [-0.15, -0.1) is 11.8 Å². The van der Waals surface area contributed by atoms with E-state index in [0.29, 0.717) is 13.0 Å². The number of amides is 1. The van der Waals surface area contributed by atoms with Gasteiger partial charge in [-0.2, -0.15) is 5.26 Å². The molecular weight excluding hydrogens is 186 g/mol. The molecular formula is C8H13N3OS. The van der Waals surface area contributed by atoms with Crippen molar-refractivity contribution >= 4 is 17.7 Å². The maximum atomic E-state index is 11.6. The van der Waals surface area contributed by atoms with Crippen molar-refractivity contribution in [2.24, 2.45) is 0 Å². The van der Waals surface area contributed by atoms with Crippen LogP contribution >= 0.6 is 11.8 Å². The molecule has 13 heavy (non-hydrogen) atoms. The minimum absolute atomic E-state index is 0.0475. The molecule has 5 heteroatoms. The van der Waals surface area contributed by atoms with E-state index in [1.54, 1.807) is 23.7 Å². The van der Waals surface area contributed by atoms with Gasteiger partial charge in [-0.3, -0.25) is 10.1 Å². The molecule has 0 aromatic heterocycles. The third kappa shape index (κ3) is 2.90. The van der Waals surface area contributed by atoms with Crippen LogP contribution in [0.25, 0.3) is 0 Å². The molecule has 1 aliphatic heterocycles. The summed E-state index contributed by atoms with van der Waals surface area (Å²) in [5, 5.41) is 11.5. The number of thioether (sulfide) groups is 1. The normalized spacial score (nSPS) is 21.1. The van der Waals surface area contributed by atoms with Gasteiger partial charge in [-0.25, -0.2) is 0 Å². The third-order valence-electron chi connectivity index (χ3n) is 1.95. The van der Waals surface area contributed by atoms with Crippen LogP contribution in [0.2, 0.25) is 0 Å². The molecule has 4 nitrogen and oxygen atoms in total. The van der Waals surface area contributed by atoms with Gasteiger partial charge in [0.15, 0.2) is 0 Å². The maximum Gasteiger partial charge on any atom is 0.240 e. The highest BCUT2D eigenvalue weighted by molar-refractivity contribution is 7.99. The highest BCUT2D eigenvalue weighted by Gasteiger charge is 2.24. The lowest BCUT2D eigenvalue weighted by molar-refractivity contribution is -0.131. The second-order valence-electron chi connectivity index (χ2n) is 2.94. The SMILES string of the molecule is CN(CCC#N)C(=O)C1CSCN1. The highest BCUT2D eigenvalue weighted by atomic mass is 32.2. The average Bonchev–Trinajstić information content (AvgIpc) is 2.65. The van der Waals surface area contributed by atoms with Crippen LogP contribution in [0, 0.1) is 11.3 Å². The standard InChI is InChI=1S/C8H13N3OS/c1-11(4-2-3-9)8(12)7-5-13-6-10-7/h7,10H,2,4-6H2,1H3. The van der Waals surface area contributed by atoms with Gasteiger partial charge >= 0.3 is 0 Å². The van der Waals surface area contributed by atoms with Gasteiger partial charge in [0.25, 0.3) is 0 Å². The van der Waals surface area contributed by atoms with Crippen LogP contribution in [0.4, 0.5) is 0 Å². The Labute approximate surface area is 82.3 Å². The Morgan fingerprint density at radius 3 is 3.15 bits per heavy atom. The minimum Gasteiger partial charge on any atom is -0.343 e. The van der Waals surface area contributed by atoms with Crippen molar-refractivity contribution in [3.05, 3.63) is 0 Å². The average molecular weight is 199 g/mol. The molecule has 0 aliphatic carbocycles. The number of nitrogens with one attached hydrogen (secondary N) is 1. The van der Waals surface area contributed by atoms with Crippen LogP contribution in [0.3, 0.4) is 0 Å².